The lowest BCUT2D eigenvalue weighted by atomic mass is 9.96. The molecule has 3 rings (SSSR count). The number of benzene rings is 1. The van der Waals surface area contributed by atoms with Crippen molar-refractivity contribution in [1.29, 1.82) is 0 Å². The van der Waals surface area contributed by atoms with Gasteiger partial charge < -0.3 is 10.2 Å². The average molecular weight is 434 g/mol. The summed E-state index contributed by atoms with van der Waals surface area (Å²) in [7, 11) is 0. The van der Waals surface area contributed by atoms with E-state index in [0.29, 0.717) is 18.0 Å². The van der Waals surface area contributed by atoms with Gasteiger partial charge in [0.1, 0.15) is 0 Å². The van der Waals surface area contributed by atoms with E-state index in [9.17, 15) is 9.59 Å². The quantitative estimate of drug-likeness (QED) is 0.763. The van der Waals surface area contributed by atoms with E-state index in [0.717, 1.165) is 35.2 Å². The number of nitrogens with one attached hydrogen (secondary N) is 1. The Morgan fingerprint density at radius 1 is 1.10 bits per heavy atom. The summed E-state index contributed by atoms with van der Waals surface area (Å²) in [6, 6.07) is 9.79. The number of piperazine rings is 1. The Hall–Kier alpha value is -1.89. The van der Waals surface area contributed by atoms with Gasteiger partial charge in [-0.3, -0.25) is 14.5 Å². The Labute approximate surface area is 181 Å². The lowest BCUT2D eigenvalue weighted by Crippen LogP contribution is -2.48. The molecule has 0 spiro atoms. The number of carbonyl (C=O) groups excluding carboxylic acids is 2. The number of halogens is 1. The second kappa shape index (κ2) is 8.86. The number of thiophene rings is 1. The third-order valence-electron chi connectivity index (χ3n) is 5.01. The molecule has 29 heavy (non-hydrogen) atoms. The smallest absolute Gasteiger partial charge is 0.264 e. The monoisotopic (exact) mass is 433 g/mol. The third kappa shape index (κ3) is 5.59. The van der Waals surface area contributed by atoms with Crippen LogP contribution in [0, 0.1) is 12.3 Å². The van der Waals surface area contributed by atoms with Gasteiger partial charge in [0.2, 0.25) is 5.91 Å². The molecule has 1 aliphatic heterocycles. The van der Waals surface area contributed by atoms with Crippen molar-refractivity contribution in [2.75, 3.05) is 31.5 Å². The summed E-state index contributed by atoms with van der Waals surface area (Å²) in [6.45, 7) is 11.5. The lowest BCUT2D eigenvalue weighted by molar-refractivity contribution is -0.123. The lowest BCUT2D eigenvalue weighted by Gasteiger charge is -2.34. The molecule has 1 aliphatic rings. The highest BCUT2D eigenvalue weighted by atomic mass is 35.5. The molecule has 156 valence electrons. The number of nitrogens with zero attached hydrogens (tertiary/aromatic N) is 2. The number of hydrogen-bond donors (Lipinski definition) is 1. The van der Waals surface area contributed by atoms with Crippen LogP contribution >= 0.6 is 22.9 Å². The standard InChI is InChI=1S/C22H28ClN3O2S/c1-15-13-18(24-21(28)22(2,3)4)29-19(15)20(27)26-11-9-25(10-12-26)14-16-5-7-17(23)8-6-16/h5-8,13H,9-12,14H2,1-4H3,(H,24,28). The molecule has 0 unspecified atom stereocenters. The largest absolute Gasteiger partial charge is 0.335 e. The minimum Gasteiger partial charge on any atom is -0.335 e. The van der Waals surface area contributed by atoms with Gasteiger partial charge in [-0.2, -0.15) is 0 Å². The number of anilines is 1. The molecule has 1 aromatic heterocycles. The van der Waals surface area contributed by atoms with Gasteiger partial charge >= 0.3 is 0 Å². The predicted molar refractivity (Wildman–Crippen MR) is 120 cm³/mol. The summed E-state index contributed by atoms with van der Waals surface area (Å²) < 4.78 is 0. The van der Waals surface area contributed by atoms with Crippen molar-refractivity contribution in [3.8, 4) is 0 Å². The van der Waals surface area contributed by atoms with Gasteiger partial charge in [-0.15, -0.1) is 11.3 Å². The average Bonchev–Trinajstić information content (AvgIpc) is 3.03. The number of aryl methyl sites for hydroxylation is 1. The van der Waals surface area contributed by atoms with E-state index >= 15 is 0 Å². The highest BCUT2D eigenvalue weighted by Crippen LogP contribution is 2.29. The Morgan fingerprint density at radius 2 is 1.72 bits per heavy atom. The van der Waals surface area contributed by atoms with Crippen molar-refractivity contribution in [3.05, 3.63) is 51.4 Å². The Balaban J connectivity index is 1.58. The Kier molecular flexibility index (Phi) is 6.66. The SMILES string of the molecule is Cc1cc(NC(=O)C(C)(C)C)sc1C(=O)N1CCN(Cc2ccc(Cl)cc2)CC1. The molecule has 0 bridgehead atoms. The molecule has 5 nitrogen and oxygen atoms in total. The zero-order valence-corrected chi connectivity index (χ0v) is 19.0. The second-order valence-corrected chi connectivity index (χ2v) is 10.0. The molecule has 0 saturated carbocycles. The van der Waals surface area contributed by atoms with Crippen LogP contribution in [0.3, 0.4) is 0 Å². The van der Waals surface area contributed by atoms with Crippen LogP contribution in [0.2, 0.25) is 5.02 Å². The van der Waals surface area contributed by atoms with E-state index in [2.05, 4.69) is 10.2 Å². The zero-order chi connectivity index (χ0) is 21.2. The van der Waals surface area contributed by atoms with Crippen LogP contribution in [0.15, 0.2) is 30.3 Å². The molecule has 1 saturated heterocycles. The fraction of sp³-hybridized carbons (Fsp3) is 0.455. The summed E-state index contributed by atoms with van der Waals surface area (Å²) in [5.74, 6) is 0.00321. The van der Waals surface area contributed by atoms with E-state index in [1.807, 2.05) is 62.9 Å². The summed E-state index contributed by atoms with van der Waals surface area (Å²) in [6.07, 6.45) is 0. The van der Waals surface area contributed by atoms with Gasteiger partial charge in [-0.25, -0.2) is 0 Å². The predicted octanol–water partition coefficient (Wildman–Crippen LogP) is 4.65. The second-order valence-electron chi connectivity index (χ2n) is 8.52. The van der Waals surface area contributed by atoms with Crippen molar-refractivity contribution in [3.63, 3.8) is 0 Å². The van der Waals surface area contributed by atoms with Crippen LogP contribution in [0.4, 0.5) is 5.00 Å². The summed E-state index contributed by atoms with van der Waals surface area (Å²) in [5, 5.41) is 4.40. The minimum absolute atomic E-state index is 0.0476. The topological polar surface area (TPSA) is 52.7 Å². The molecule has 0 aliphatic carbocycles. The first kappa shape index (κ1) is 21.8. The molecule has 1 aromatic carbocycles. The van der Waals surface area contributed by atoms with Crippen LogP contribution in [-0.4, -0.2) is 47.8 Å². The molecular formula is C22H28ClN3O2S. The van der Waals surface area contributed by atoms with Gasteiger partial charge in [0.15, 0.2) is 0 Å². The highest BCUT2D eigenvalue weighted by molar-refractivity contribution is 7.18. The molecule has 0 atom stereocenters. The molecule has 1 N–H and O–H groups in total. The molecule has 2 heterocycles. The van der Waals surface area contributed by atoms with Crippen molar-refractivity contribution in [2.24, 2.45) is 5.41 Å². The molecule has 2 amide bonds. The molecule has 0 radical (unpaired) electrons. The van der Waals surface area contributed by atoms with Crippen molar-refractivity contribution >= 4 is 39.8 Å². The molecular weight excluding hydrogens is 406 g/mol. The summed E-state index contributed by atoms with van der Waals surface area (Å²) in [5.41, 5.74) is 1.66. The molecule has 1 fully saturated rings. The van der Waals surface area contributed by atoms with Crippen molar-refractivity contribution < 1.29 is 9.59 Å². The van der Waals surface area contributed by atoms with E-state index in [1.165, 1.54) is 16.9 Å². The maximum atomic E-state index is 13.0. The number of rotatable bonds is 4. The van der Waals surface area contributed by atoms with E-state index < -0.39 is 5.41 Å². The van der Waals surface area contributed by atoms with Crippen LogP contribution in [0.25, 0.3) is 0 Å². The fourth-order valence-corrected chi connectivity index (χ4v) is 4.32. The normalized spacial score (nSPS) is 15.4. The highest BCUT2D eigenvalue weighted by Gasteiger charge is 2.26. The fourth-order valence-electron chi connectivity index (χ4n) is 3.16. The van der Waals surface area contributed by atoms with Crippen LogP contribution < -0.4 is 5.32 Å². The maximum absolute atomic E-state index is 13.0. The molecule has 7 heteroatoms. The Bertz CT molecular complexity index is 878. The van der Waals surface area contributed by atoms with Crippen LogP contribution in [0.1, 0.15) is 41.6 Å². The first-order chi connectivity index (χ1) is 13.6. The van der Waals surface area contributed by atoms with Crippen LogP contribution in [-0.2, 0) is 11.3 Å². The maximum Gasteiger partial charge on any atom is 0.264 e. The van der Waals surface area contributed by atoms with Gasteiger partial charge in [0.25, 0.3) is 5.91 Å². The van der Waals surface area contributed by atoms with Crippen molar-refractivity contribution in [2.45, 2.75) is 34.2 Å². The van der Waals surface area contributed by atoms with E-state index in [1.54, 1.807) is 0 Å². The Morgan fingerprint density at radius 3 is 2.31 bits per heavy atom. The van der Waals surface area contributed by atoms with Crippen LogP contribution in [0.5, 0.6) is 0 Å². The minimum atomic E-state index is -0.470. The van der Waals surface area contributed by atoms with Gasteiger partial charge in [-0.05, 0) is 36.2 Å². The number of carbonyl (C=O) groups is 2. The summed E-state index contributed by atoms with van der Waals surface area (Å²) in [4.78, 5) is 30.2. The first-order valence-electron chi connectivity index (χ1n) is 9.81. The number of amides is 2. The number of hydrogen-bond acceptors (Lipinski definition) is 4. The van der Waals surface area contributed by atoms with Crippen molar-refractivity contribution in [1.82, 2.24) is 9.80 Å². The first-order valence-corrected chi connectivity index (χ1v) is 11.0. The van der Waals surface area contributed by atoms with Gasteiger partial charge in [0.05, 0.1) is 9.88 Å². The van der Waals surface area contributed by atoms with Gasteiger partial charge in [0, 0.05) is 43.2 Å². The summed E-state index contributed by atoms with van der Waals surface area (Å²) >= 11 is 7.31. The van der Waals surface area contributed by atoms with E-state index in [-0.39, 0.29) is 11.8 Å². The van der Waals surface area contributed by atoms with E-state index in [4.69, 9.17) is 11.6 Å². The molecule has 2 aromatic rings. The third-order valence-corrected chi connectivity index (χ3v) is 6.40. The zero-order valence-electron chi connectivity index (χ0n) is 17.4. The van der Waals surface area contributed by atoms with Gasteiger partial charge in [-0.1, -0.05) is 44.5 Å².